The van der Waals surface area contributed by atoms with E-state index in [2.05, 4.69) is 15.3 Å². The molecule has 1 saturated carbocycles. The molecule has 0 radical (unpaired) electrons. The Morgan fingerprint density at radius 3 is 2.77 bits per heavy atom. The Labute approximate surface area is 150 Å². The number of hydrogen-bond acceptors (Lipinski definition) is 6. The van der Waals surface area contributed by atoms with Crippen LogP contribution in [0.2, 0.25) is 0 Å². The van der Waals surface area contributed by atoms with Gasteiger partial charge in [-0.2, -0.15) is 0 Å². The van der Waals surface area contributed by atoms with Crippen molar-refractivity contribution in [2.45, 2.75) is 31.9 Å². The monoisotopic (exact) mass is 360 g/mol. The molecule has 0 unspecified atom stereocenters. The predicted molar refractivity (Wildman–Crippen MR) is 93.1 cm³/mol. The minimum Gasteiger partial charge on any atom is -0.494 e. The van der Waals surface area contributed by atoms with Crippen molar-refractivity contribution in [1.29, 1.82) is 0 Å². The first-order valence-electron chi connectivity index (χ1n) is 8.30. The maximum Gasteiger partial charge on any atom is 0.255 e. The summed E-state index contributed by atoms with van der Waals surface area (Å²) in [7, 11) is 1.39. The van der Waals surface area contributed by atoms with E-state index in [9.17, 15) is 14.3 Å². The Kier molecular flexibility index (Phi) is 5.03. The molecule has 1 atom stereocenters. The number of benzene rings is 1. The summed E-state index contributed by atoms with van der Waals surface area (Å²) in [6, 6.07) is 4.14. The molecule has 8 heteroatoms. The smallest absolute Gasteiger partial charge is 0.255 e. The van der Waals surface area contributed by atoms with Crippen LogP contribution in [0.5, 0.6) is 5.75 Å². The van der Waals surface area contributed by atoms with Gasteiger partial charge in [0.15, 0.2) is 11.6 Å². The standard InChI is InChI=1S/C18H21FN4O3/c1-9-13(8-21-18(20)22-9)17(25)23-16(11-5-12(24)6-11)10-3-4-15(26-2)14(19)7-10/h3-4,7-8,11-12,16,24H,5-6H2,1-2H3,(H,23,25)(H2,20,21,22)/t11?,12?,16-/m0/s1. The SMILES string of the molecule is COc1ccc([C@H](NC(=O)c2cnc(N)nc2C)C2CC(O)C2)cc1F. The molecule has 0 aliphatic heterocycles. The lowest BCUT2D eigenvalue weighted by Gasteiger charge is -2.38. The summed E-state index contributed by atoms with van der Waals surface area (Å²) in [6.45, 7) is 1.67. The maximum atomic E-state index is 14.1. The van der Waals surface area contributed by atoms with Crippen LogP contribution >= 0.6 is 0 Å². The third-order valence-electron chi connectivity index (χ3n) is 4.69. The molecule has 0 saturated heterocycles. The average molecular weight is 360 g/mol. The number of rotatable bonds is 5. The van der Waals surface area contributed by atoms with E-state index in [4.69, 9.17) is 10.5 Å². The van der Waals surface area contributed by atoms with E-state index in [1.165, 1.54) is 25.4 Å². The van der Waals surface area contributed by atoms with Crippen LogP contribution < -0.4 is 15.8 Å². The van der Waals surface area contributed by atoms with Crippen LogP contribution in [0.25, 0.3) is 0 Å². The number of carbonyl (C=O) groups is 1. The molecule has 0 bridgehead atoms. The number of aliphatic hydroxyl groups is 1. The minimum atomic E-state index is -0.504. The second-order valence-electron chi connectivity index (χ2n) is 6.46. The highest BCUT2D eigenvalue weighted by Gasteiger charge is 2.36. The van der Waals surface area contributed by atoms with Crippen molar-refractivity contribution in [3.63, 3.8) is 0 Å². The van der Waals surface area contributed by atoms with Crippen molar-refractivity contribution in [2.75, 3.05) is 12.8 Å². The molecule has 0 spiro atoms. The van der Waals surface area contributed by atoms with Crippen molar-refractivity contribution in [3.05, 3.63) is 47.0 Å². The number of nitrogens with zero attached hydrogens (tertiary/aromatic N) is 2. The molecule has 138 valence electrons. The van der Waals surface area contributed by atoms with Gasteiger partial charge in [-0.15, -0.1) is 0 Å². The molecular weight excluding hydrogens is 339 g/mol. The van der Waals surface area contributed by atoms with Gasteiger partial charge in [-0.05, 0) is 43.4 Å². The van der Waals surface area contributed by atoms with Crippen molar-refractivity contribution in [3.8, 4) is 5.75 Å². The number of hydrogen-bond donors (Lipinski definition) is 3. The van der Waals surface area contributed by atoms with E-state index in [1.807, 2.05) is 0 Å². The zero-order valence-corrected chi connectivity index (χ0v) is 14.6. The normalized spacial score (nSPS) is 20.2. The van der Waals surface area contributed by atoms with E-state index < -0.39 is 18.0 Å². The molecule has 1 fully saturated rings. The summed E-state index contributed by atoms with van der Waals surface area (Å²) in [5.74, 6) is -0.636. The third kappa shape index (κ3) is 3.60. The summed E-state index contributed by atoms with van der Waals surface area (Å²) in [5.41, 5.74) is 6.90. The molecule has 1 aromatic heterocycles. The largest absolute Gasteiger partial charge is 0.494 e. The van der Waals surface area contributed by atoms with Crippen LogP contribution in [0, 0.1) is 18.7 Å². The molecule has 1 heterocycles. The van der Waals surface area contributed by atoms with Crippen molar-refractivity contribution in [1.82, 2.24) is 15.3 Å². The van der Waals surface area contributed by atoms with E-state index in [1.54, 1.807) is 13.0 Å². The Morgan fingerprint density at radius 2 is 2.19 bits per heavy atom. The number of amides is 1. The van der Waals surface area contributed by atoms with Crippen LogP contribution in [0.3, 0.4) is 0 Å². The fourth-order valence-corrected chi connectivity index (χ4v) is 3.18. The molecule has 1 aliphatic carbocycles. The number of nitrogens with two attached hydrogens (primary N) is 1. The highest BCUT2D eigenvalue weighted by molar-refractivity contribution is 5.95. The number of ether oxygens (including phenoxy) is 1. The highest BCUT2D eigenvalue weighted by atomic mass is 19.1. The fourth-order valence-electron chi connectivity index (χ4n) is 3.18. The highest BCUT2D eigenvalue weighted by Crippen LogP contribution is 2.39. The van der Waals surface area contributed by atoms with Crippen molar-refractivity contribution >= 4 is 11.9 Å². The molecular formula is C18H21FN4O3. The van der Waals surface area contributed by atoms with Crippen LogP contribution in [0.15, 0.2) is 24.4 Å². The third-order valence-corrected chi connectivity index (χ3v) is 4.69. The van der Waals surface area contributed by atoms with Crippen LogP contribution in [-0.4, -0.2) is 34.2 Å². The molecule has 3 rings (SSSR count). The predicted octanol–water partition coefficient (Wildman–Crippen LogP) is 1.76. The molecule has 1 aromatic carbocycles. The number of nitrogen functional groups attached to an aromatic ring is 1. The number of aromatic nitrogens is 2. The van der Waals surface area contributed by atoms with Gasteiger partial charge in [-0.25, -0.2) is 14.4 Å². The fraction of sp³-hybridized carbons (Fsp3) is 0.389. The summed E-state index contributed by atoms with van der Waals surface area (Å²) in [4.78, 5) is 20.5. The van der Waals surface area contributed by atoms with E-state index in [0.29, 0.717) is 29.7 Å². The quantitative estimate of drug-likeness (QED) is 0.749. The van der Waals surface area contributed by atoms with Gasteiger partial charge >= 0.3 is 0 Å². The lowest BCUT2D eigenvalue weighted by atomic mass is 9.75. The Bertz CT molecular complexity index is 824. The van der Waals surface area contributed by atoms with Gasteiger partial charge in [-0.1, -0.05) is 6.07 Å². The number of aryl methyl sites for hydroxylation is 1. The number of nitrogens with one attached hydrogen (secondary N) is 1. The van der Waals surface area contributed by atoms with Crippen molar-refractivity contribution in [2.24, 2.45) is 5.92 Å². The van der Waals surface area contributed by atoms with Crippen LogP contribution in [0.1, 0.15) is 40.5 Å². The second kappa shape index (κ2) is 7.25. The number of carbonyl (C=O) groups excluding carboxylic acids is 1. The van der Waals surface area contributed by atoms with Gasteiger partial charge in [0.2, 0.25) is 5.95 Å². The van der Waals surface area contributed by atoms with Gasteiger partial charge in [0.05, 0.1) is 30.5 Å². The minimum absolute atomic E-state index is 0.0109. The van der Waals surface area contributed by atoms with Gasteiger partial charge < -0.3 is 20.9 Å². The summed E-state index contributed by atoms with van der Waals surface area (Å²) < 4.78 is 19.1. The molecule has 1 amide bonds. The average Bonchev–Trinajstić information content (AvgIpc) is 2.57. The first-order chi connectivity index (χ1) is 12.4. The molecule has 7 nitrogen and oxygen atoms in total. The lowest BCUT2D eigenvalue weighted by molar-refractivity contribution is 0.0234. The number of halogens is 1. The first-order valence-corrected chi connectivity index (χ1v) is 8.30. The van der Waals surface area contributed by atoms with Crippen LogP contribution in [-0.2, 0) is 0 Å². The first kappa shape index (κ1) is 18.1. The Morgan fingerprint density at radius 1 is 1.46 bits per heavy atom. The van der Waals surface area contributed by atoms with E-state index in [0.717, 1.165) is 0 Å². The van der Waals surface area contributed by atoms with Gasteiger partial charge in [0, 0.05) is 6.20 Å². The van der Waals surface area contributed by atoms with Crippen LogP contribution in [0.4, 0.5) is 10.3 Å². The van der Waals surface area contributed by atoms with Gasteiger partial charge in [0.25, 0.3) is 5.91 Å². The van der Waals surface area contributed by atoms with Gasteiger partial charge in [-0.3, -0.25) is 4.79 Å². The molecule has 1 aliphatic rings. The molecule has 2 aromatic rings. The second-order valence-corrected chi connectivity index (χ2v) is 6.46. The van der Waals surface area contributed by atoms with Crippen molar-refractivity contribution < 1.29 is 19.0 Å². The number of anilines is 1. The topological polar surface area (TPSA) is 110 Å². The Balaban J connectivity index is 1.87. The van der Waals surface area contributed by atoms with Gasteiger partial charge in [0.1, 0.15) is 0 Å². The maximum absolute atomic E-state index is 14.1. The van der Waals surface area contributed by atoms with E-state index >= 15 is 0 Å². The number of methoxy groups -OCH3 is 1. The van der Waals surface area contributed by atoms with E-state index in [-0.39, 0.29) is 23.5 Å². The zero-order valence-electron chi connectivity index (χ0n) is 14.6. The summed E-state index contributed by atoms with van der Waals surface area (Å²) >= 11 is 0. The molecule has 4 N–H and O–H groups in total. The number of aliphatic hydroxyl groups excluding tert-OH is 1. The Hall–Kier alpha value is -2.74. The zero-order chi connectivity index (χ0) is 18.8. The lowest BCUT2D eigenvalue weighted by Crippen LogP contribution is -2.41. The molecule has 26 heavy (non-hydrogen) atoms. The summed E-state index contributed by atoms with van der Waals surface area (Å²) in [5, 5.41) is 12.6. The summed E-state index contributed by atoms with van der Waals surface area (Å²) in [6.07, 6.45) is 2.05.